The molecule has 0 aromatic heterocycles. The molecule has 2 rings (SSSR count). The Hall–Kier alpha value is 0.230. The first-order valence-electron chi connectivity index (χ1n) is 5.03. The van der Waals surface area contributed by atoms with Gasteiger partial charge < -0.3 is 10.8 Å². The van der Waals surface area contributed by atoms with E-state index in [-0.39, 0.29) is 24.2 Å². The minimum absolute atomic E-state index is 0. The van der Waals surface area contributed by atoms with E-state index >= 15 is 0 Å². The SMILES string of the molecule is Cl.N[C@H](c1cc(Br)c(O)c(Br)c1)C1CCC1. The molecule has 16 heavy (non-hydrogen) atoms. The van der Waals surface area contributed by atoms with E-state index in [1.165, 1.54) is 19.3 Å². The van der Waals surface area contributed by atoms with Gasteiger partial charge in [0.2, 0.25) is 0 Å². The van der Waals surface area contributed by atoms with Crippen LogP contribution < -0.4 is 5.73 Å². The Kier molecular flexibility index (Phi) is 5.10. The third-order valence-electron chi connectivity index (χ3n) is 3.08. The van der Waals surface area contributed by atoms with E-state index in [4.69, 9.17) is 5.73 Å². The van der Waals surface area contributed by atoms with Gasteiger partial charge in [0.25, 0.3) is 0 Å². The van der Waals surface area contributed by atoms with Crippen LogP contribution in [0, 0.1) is 5.92 Å². The Balaban J connectivity index is 0.00000128. The third-order valence-corrected chi connectivity index (χ3v) is 4.29. The van der Waals surface area contributed by atoms with Crippen molar-refractivity contribution in [1.29, 1.82) is 0 Å². The van der Waals surface area contributed by atoms with Gasteiger partial charge in [-0.3, -0.25) is 0 Å². The number of hydrogen-bond acceptors (Lipinski definition) is 2. The second-order valence-corrected chi connectivity index (χ2v) is 5.76. The molecule has 1 aliphatic carbocycles. The number of nitrogens with two attached hydrogens (primary N) is 1. The summed E-state index contributed by atoms with van der Waals surface area (Å²) in [5, 5.41) is 9.59. The Labute approximate surface area is 118 Å². The zero-order valence-electron chi connectivity index (χ0n) is 8.62. The Morgan fingerprint density at radius 3 is 2.12 bits per heavy atom. The molecule has 0 heterocycles. The largest absolute Gasteiger partial charge is 0.506 e. The van der Waals surface area contributed by atoms with Gasteiger partial charge in [0.15, 0.2) is 0 Å². The number of phenols is 1. The average molecular weight is 372 g/mol. The van der Waals surface area contributed by atoms with Crippen LogP contribution in [0.3, 0.4) is 0 Å². The summed E-state index contributed by atoms with van der Waals surface area (Å²) in [6.45, 7) is 0. The van der Waals surface area contributed by atoms with Crippen LogP contribution in [0.5, 0.6) is 5.75 Å². The number of hydrogen-bond donors (Lipinski definition) is 2. The van der Waals surface area contributed by atoms with Crippen molar-refractivity contribution in [2.75, 3.05) is 0 Å². The van der Waals surface area contributed by atoms with Crippen molar-refractivity contribution < 1.29 is 5.11 Å². The van der Waals surface area contributed by atoms with E-state index in [0.717, 1.165) is 5.56 Å². The summed E-state index contributed by atoms with van der Waals surface area (Å²) in [4.78, 5) is 0. The van der Waals surface area contributed by atoms with E-state index in [0.29, 0.717) is 14.9 Å². The van der Waals surface area contributed by atoms with Crippen molar-refractivity contribution >= 4 is 44.3 Å². The highest BCUT2D eigenvalue weighted by Gasteiger charge is 2.26. The fourth-order valence-electron chi connectivity index (χ4n) is 1.85. The van der Waals surface area contributed by atoms with Crippen molar-refractivity contribution in [2.45, 2.75) is 25.3 Å². The summed E-state index contributed by atoms with van der Waals surface area (Å²) in [6, 6.07) is 3.90. The standard InChI is InChI=1S/C11H13Br2NO.ClH/c12-8-4-7(5-9(13)11(8)15)10(14)6-2-1-3-6;/h4-6,10,15H,1-3,14H2;1H/t10-;/m0./s1. The van der Waals surface area contributed by atoms with Crippen molar-refractivity contribution in [2.24, 2.45) is 11.7 Å². The maximum atomic E-state index is 9.59. The predicted octanol–water partition coefficient (Wildman–Crippen LogP) is 4.14. The van der Waals surface area contributed by atoms with Crippen LogP contribution in [0.25, 0.3) is 0 Å². The average Bonchev–Trinajstić information content (AvgIpc) is 2.10. The lowest BCUT2D eigenvalue weighted by atomic mass is 9.77. The van der Waals surface area contributed by atoms with Crippen LogP contribution in [0.15, 0.2) is 21.1 Å². The van der Waals surface area contributed by atoms with Gasteiger partial charge >= 0.3 is 0 Å². The lowest BCUT2D eigenvalue weighted by molar-refractivity contribution is 0.264. The maximum absolute atomic E-state index is 9.59. The summed E-state index contributed by atoms with van der Waals surface area (Å²) in [7, 11) is 0. The van der Waals surface area contributed by atoms with Crippen LogP contribution in [0.4, 0.5) is 0 Å². The summed E-state index contributed by atoms with van der Waals surface area (Å²) in [6.07, 6.45) is 3.73. The first-order chi connectivity index (χ1) is 7.09. The highest BCUT2D eigenvalue weighted by atomic mass is 79.9. The second kappa shape index (κ2) is 5.71. The zero-order valence-corrected chi connectivity index (χ0v) is 12.6. The van der Waals surface area contributed by atoms with Gasteiger partial charge in [-0.25, -0.2) is 0 Å². The molecule has 1 aliphatic rings. The first kappa shape index (κ1) is 14.3. The molecule has 1 atom stereocenters. The van der Waals surface area contributed by atoms with Crippen LogP contribution in [0.1, 0.15) is 30.9 Å². The summed E-state index contributed by atoms with van der Waals surface area (Å²) in [5.41, 5.74) is 7.24. The number of halogens is 3. The van der Waals surface area contributed by atoms with Gasteiger partial charge in [0.05, 0.1) is 8.95 Å². The fourth-order valence-corrected chi connectivity index (χ4v) is 3.07. The van der Waals surface area contributed by atoms with Crippen molar-refractivity contribution in [1.82, 2.24) is 0 Å². The maximum Gasteiger partial charge on any atom is 0.143 e. The lowest BCUT2D eigenvalue weighted by Crippen LogP contribution is -2.26. The molecule has 0 radical (unpaired) electrons. The topological polar surface area (TPSA) is 46.2 Å². The molecule has 0 saturated heterocycles. The molecule has 0 bridgehead atoms. The molecule has 2 nitrogen and oxygen atoms in total. The number of benzene rings is 1. The molecule has 1 saturated carbocycles. The van der Waals surface area contributed by atoms with Crippen LogP contribution in [-0.2, 0) is 0 Å². The zero-order chi connectivity index (χ0) is 11.0. The Morgan fingerprint density at radius 1 is 1.25 bits per heavy atom. The highest BCUT2D eigenvalue weighted by Crippen LogP contribution is 2.40. The van der Waals surface area contributed by atoms with Crippen molar-refractivity contribution in [3.8, 4) is 5.75 Å². The number of rotatable bonds is 2. The Bertz CT molecular complexity index is 359. The first-order valence-corrected chi connectivity index (χ1v) is 6.61. The quantitative estimate of drug-likeness (QED) is 0.821. The van der Waals surface area contributed by atoms with E-state index < -0.39 is 0 Å². The van der Waals surface area contributed by atoms with Crippen molar-refractivity contribution in [3.05, 3.63) is 26.6 Å². The molecule has 1 fully saturated rings. The molecule has 5 heteroatoms. The monoisotopic (exact) mass is 369 g/mol. The lowest BCUT2D eigenvalue weighted by Gasteiger charge is -2.31. The smallest absolute Gasteiger partial charge is 0.143 e. The van der Waals surface area contributed by atoms with E-state index in [1.54, 1.807) is 0 Å². The minimum Gasteiger partial charge on any atom is -0.506 e. The molecule has 3 N–H and O–H groups in total. The normalized spacial score (nSPS) is 17.4. The van der Waals surface area contributed by atoms with E-state index in [1.807, 2.05) is 12.1 Å². The van der Waals surface area contributed by atoms with Gasteiger partial charge in [-0.2, -0.15) is 0 Å². The van der Waals surface area contributed by atoms with E-state index in [2.05, 4.69) is 31.9 Å². The molecular formula is C11H14Br2ClNO. The minimum atomic E-state index is 0. The van der Waals surface area contributed by atoms with Crippen LogP contribution in [0.2, 0.25) is 0 Å². The summed E-state index contributed by atoms with van der Waals surface area (Å²) in [5.74, 6) is 0.841. The molecule has 0 amide bonds. The van der Waals surface area contributed by atoms with Crippen LogP contribution >= 0.6 is 44.3 Å². The predicted molar refractivity (Wildman–Crippen MR) is 75.0 cm³/mol. The van der Waals surface area contributed by atoms with E-state index in [9.17, 15) is 5.11 Å². The van der Waals surface area contributed by atoms with Crippen LogP contribution in [-0.4, -0.2) is 5.11 Å². The molecule has 0 aliphatic heterocycles. The van der Waals surface area contributed by atoms with Crippen molar-refractivity contribution in [3.63, 3.8) is 0 Å². The molecule has 90 valence electrons. The van der Waals surface area contributed by atoms with Gasteiger partial charge in [0, 0.05) is 6.04 Å². The van der Waals surface area contributed by atoms with Gasteiger partial charge in [-0.05, 0) is 68.3 Å². The van der Waals surface area contributed by atoms with Gasteiger partial charge in [-0.1, -0.05) is 6.42 Å². The van der Waals surface area contributed by atoms with Gasteiger partial charge in [0.1, 0.15) is 5.75 Å². The second-order valence-electron chi connectivity index (χ2n) is 4.05. The number of phenolic OH excluding ortho intramolecular Hbond substituents is 1. The molecule has 1 aromatic carbocycles. The molecule has 1 aromatic rings. The highest BCUT2D eigenvalue weighted by molar-refractivity contribution is 9.11. The van der Waals surface area contributed by atoms with Gasteiger partial charge in [-0.15, -0.1) is 12.4 Å². The Morgan fingerprint density at radius 2 is 1.75 bits per heavy atom. The fraction of sp³-hybridized carbons (Fsp3) is 0.455. The summed E-state index contributed by atoms with van der Waals surface area (Å²) >= 11 is 6.64. The molecule has 0 unspecified atom stereocenters. The molecule has 0 spiro atoms. The number of aromatic hydroxyl groups is 1. The third kappa shape index (κ3) is 2.73. The molecular weight excluding hydrogens is 357 g/mol. The summed E-state index contributed by atoms with van der Waals surface area (Å²) < 4.78 is 1.39.